The van der Waals surface area contributed by atoms with Crippen molar-refractivity contribution in [2.24, 2.45) is 0 Å². The Morgan fingerprint density at radius 3 is 2.58 bits per heavy atom. The molecule has 0 bridgehead atoms. The lowest BCUT2D eigenvalue weighted by Gasteiger charge is -2.08. The van der Waals surface area contributed by atoms with Crippen molar-refractivity contribution < 1.29 is 0 Å². The van der Waals surface area contributed by atoms with E-state index in [2.05, 4.69) is 34.0 Å². The summed E-state index contributed by atoms with van der Waals surface area (Å²) in [6.07, 6.45) is 0. The summed E-state index contributed by atoms with van der Waals surface area (Å²) in [7, 11) is 0. The Labute approximate surface area is 143 Å². The smallest absolute Gasteiger partial charge is 0.259 e. The number of aryl methyl sites for hydroxylation is 2. The van der Waals surface area contributed by atoms with Gasteiger partial charge in [-0.05, 0) is 44.2 Å². The van der Waals surface area contributed by atoms with Crippen LogP contribution in [0.3, 0.4) is 0 Å². The van der Waals surface area contributed by atoms with Gasteiger partial charge in [0.2, 0.25) is 0 Å². The molecule has 0 aliphatic carbocycles. The Morgan fingerprint density at radius 2 is 1.71 bits per heavy atom. The highest BCUT2D eigenvalue weighted by Crippen LogP contribution is 2.32. The van der Waals surface area contributed by atoms with Crippen molar-refractivity contribution >= 4 is 33.6 Å². The van der Waals surface area contributed by atoms with Crippen LogP contribution in [0.25, 0.3) is 21.8 Å². The van der Waals surface area contributed by atoms with Crippen LogP contribution < -0.4 is 5.56 Å². The number of fused-ring (bicyclic) bond motifs is 2. The lowest BCUT2D eigenvalue weighted by atomic mass is 10.1. The summed E-state index contributed by atoms with van der Waals surface area (Å²) in [6.45, 7) is 4.03. The highest BCUT2D eigenvalue weighted by atomic mass is 32.2. The Balaban J connectivity index is 1.88. The van der Waals surface area contributed by atoms with Crippen molar-refractivity contribution in [1.82, 2.24) is 15.0 Å². The van der Waals surface area contributed by atoms with E-state index in [9.17, 15) is 4.79 Å². The van der Waals surface area contributed by atoms with E-state index in [0.717, 1.165) is 21.5 Å². The molecule has 4 rings (SSSR count). The number of hydrogen-bond acceptors (Lipinski definition) is 4. The molecule has 0 aliphatic rings. The number of nitrogens with one attached hydrogen (secondary N) is 1. The van der Waals surface area contributed by atoms with Crippen LogP contribution in [0.4, 0.5) is 0 Å². The van der Waals surface area contributed by atoms with Crippen LogP contribution >= 0.6 is 11.8 Å². The molecular formula is C19H15N3OS. The molecule has 0 amide bonds. The molecule has 0 aliphatic heterocycles. The van der Waals surface area contributed by atoms with Crippen LogP contribution in [0.2, 0.25) is 0 Å². The monoisotopic (exact) mass is 333 g/mol. The van der Waals surface area contributed by atoms with Crippen molar-refractivity contribution in [3.05, 3.63) is 70.1 Å². The highest BCUT2D eigenvalue weighted by Gasteiger charge is 2.09. The van der Waals surface area contributed by atoms with Gasteiger partial charge in [0.1, 0.15) is 0 Å². The Morgan fingerprint density at radius 1 is 0.917 bits per heavy atom. The topological polar surface area (TPSA) is 58.6 Å². The lowest BCUT2D eigenvalue weighted by molar-refractivity contribution is 0.974. The molecule has 1 N–H and O–H groups in total. The standard InChI is InChI=1S/C19H15N3OS/c1-11-7-8-16-14(9-11)17(10-12(2)20-16)24-19-21-15-6-4-3-5-13(15)18(23)22-19/h3-10H,1-2H3,(H,21,22,23). The lowest BCUT2D eigenvalue weighted by Crippen LogP contribution is -2.08. The zero-order chi connectivity index (χ0) is 16.7. The van der Waals surface area contributed by atoms with Gasteiger partial charge in [-0.2, -0.15) is 0 Å². The maximum Gasteiger partial charge on any atom is 0.259 e. The first-order valence-corrected chi connectivity index (χ1v) is 8.47. The van der Waals surface area contributed by atoms with E-state index in [1.54, 1.807) is 6.07 Å². The van der Waals surface area contributed by atoms with Gasteiger partial charge in [0.15, 0.2) is 5.16 Å². The molecule has 24 heavy (non-hydrogen) atoms. The highest BCUT2D eigenvalue weighted by molar-refractivity contribution is 7.99. The molecule has 5 heteroatoms. The molecule has 0 unspecified atom stereocenters. The van der Waals surface area contributed by atoms with Crippen LogP contribution in [0, 0.1) is 13.8 Å². The van der Waals surface area contributed by atoms with E-state index >= 15 is 0 Å². The summed E-state index contributed by atoms with van der Waals surface area (Å²) in [4.78, 5) is 25.3. The number of benzene rings is 2. The van der Waals surface area contributed by atoms with Crippen LogP contribution in [0.15, 0.2) is 63.4 Å². The minimum Gasteiger partial charge on any atom is -0.301 e. The largest absolute Gasteiger partial charge is 0.301 e. The average Bonchev–Trinajstić information content (AvgIpc) is 2.55. The van der Waals surface area contributed by atoms with Gasteiger partial charge < -0.3 is 4.98 Å². The molecule has 2 heterocycles. The van der Waals surface area contributed by atoms with Crippen molar-refractivity contribution in [3.8, 4) is 0 Å². The molecule has 0 fully saturated rings. The second-order valence-electron chi connectivity index (χ2n) is 5.77. The summed E-state index contributed by atoms with van der Waals surface area (Å²) in [5.74, 6) is 0. The summed E-state index contributed by atoms with van der Waals surface area (Å²) >= 11 is 1.46. The molecule has 0 radical (unpaired) electrons. The zero-order valence-corrected chi connectivity index (χ0v) is 14.1. The first-order valence-electron chi connectivity index (χ1n) is 7.65. The summed E-state index contributed by atoms with van der Waals surface area (Å²) in [5, 5.41) is 2.27. The molecule has 118 valence electrons. The third-order valence-electron chi connectivity index (χ3n) is 3.85. The SMILES string of the molecule is Cc1ccc2nc(C)cc(Sc3nc4ccccc4c(=O)[nH]3)c2c1. The molecule has 2 aromatic carbocycles. The van der Waals surface area contributed by atoms with Gasteiger partial charge in [-0.1, -0.05) is 35.5 Å². The molecule has 4 aromatic rings. The van der Waals surface area contributed by atoms with Crippen molar-refractivity contribution in [2.75, 3.05) is 0 Å². The van der Waals surface area contributed by atoms with E-state index in [0.29, 0.717) is 16.1 Å². The molecule has 0 saturated heterocycles. The quantitative estimate of drug-likeness (QED) is 0.557. The third kappa shape index (κ3) is 2.67. The Kier molecular flexibility index (Phi) is 3.58. The number of aromatic amines is 1. The summed E-state index contributed by atoms with van der Waals surface area (Å²) < 4.78 is 0. The molecule has 0 spiro atoms. The maximum absolute atomic E-state index is 12.3. The normalized spacial score (nSPS) is 11.2. The number of pyridine rings is 1. The van der Waals surface area contributed by atoms with Gasteiger partial charge in [-0.15, -0.1) is 0 Å². The number of nitrogens with zero attached hydrogens (tertiary/aromatic N) is 2. The van der Waals surface area contributed by atoms with E-state index < -0.39 is 0 Å². The summed E-state index contributed by atoms with van der Waals surface area (Å²) in [5.41, 5.74) is 3.66. The van der Waals surface area contributed by atoms with Gasteiger partial charge >= 0.3 is 0 Å². The van der Waals surface area contributed by atoms with Crippen LogP contribution in [-0.2, 0) is 0 Å². The number of H-pyrrole nitrogens is 1. The van der Waals surface area contributed by atoms with E-state index in [1.165, 1.54) is 17.3 Å². The average molecular weight is 333 g/mol. The predicted octanol–water partition coefficient (Wildman–Crippen LogP) is 4.24. The van der Waals surface area contributed by atoms with E-state index in [-0.39, 0.29) is 5.56 Å². The van der Waals surface area contributed by atoms with Gasteiger partial charge in [0, 0.05) is 16.0 Å². The number of para-hydroxylation sites is 1. The second kappa shape index (κ2) is 5.76. The fourth-order valence-electron chi connectivity index (χ4n) is 2.74. The number of aromatic nitrogens is 3. The van der Waals surface area contributed by atoms with Gasteiger partial charge in [-0.25, -0.2) is 4.98 Å². The van der Waals surface area contributed by atoms with E-state index in [1.807, 2.05) is 37.3 Å². The number of hydrogen-bond donors (Lipinski definition) is 1. The molecule has 2 aromatic heterocycles. The molecule has 4 nitrogen and oxygen atoms in total. The molecular weight excluding hydrogens is 318 g/mol. The first-order chi connectivity index (χ1) is 11.6. The van der Waals surface area contributed by atoms with Crippen LogP contribution in [0.5, 0.6) is 0 Å². The third-order valence-corrected chi connectivity index (χ3v) is 4.80. The van der Waals surface area contributed by atoms with Crippen molar-refractivity contribution in [2.45, 2.75) is 23.9 Å². The van der Waals surface area contributed by atoms with Crippen molar-refractivity contribution in [3.63, 3.8) is 0 Å². The summed E-state index contributed by atoms with van der Waals surface area (Å²) in [6, 6.07) is 15.6. The Bertz CT molecular complexity index is 1130. The minimum absolute atomic E-state index is 0.116. The second-order valence-corrected chi connectivity index (χ2v) is 6.80. The first kappa shape index (κ1) is 14.9. The van der Waals surface area contributed by atoms with Crippen molar-refractivity contribution in [1.29, 1.82) is 0 Å². The Hall–Kier alpha value is -2.66. The predicted molar refractivity (Wildman–Crippen MR) is 97.7 cm³/mol. The molecule has 0 atom stereocenters. The maximum atomic E-state index is 12.3. The fraction of sp³-hybridized carbons (Fsp3) is 0.105. The van der Waals surface area contributed by atoms with Gasteiger partial charge in [0.05, 0.1) is 16.4 Å². The van der Waals surface area contributed by atoms with Gasteiger partial charge in [-0.3, -0.25) is 9.78 Å². The van der Waals surface area contributed by atoms with Crippen LogP contribution in [0.1, 0.15) is 11.3 Å². The minimum atomic E-state index is -0.116. The molecule has 0 saturated carbocycles. The van der Waals surface area contributed by atoms with E-state index in [4.69, 9.17) is 0 Å². The number of rotatable bonds is 2. The van der Waals surface area contributed by atoms with Crippen LogP contribution in [-0.4, -0.2) is 15.0 Å². The fourth-order valence-corrected chi connectivity index (χ4v) is 3.74. The van der Waals surface area contributed by atoms with Gasteiger partial charge in [0.25, 0.3) is 5.56 Å². The zero-order valence-electron chi connectivity index (χ0n) is 13.3.